The minimum absolute atomic E-state index is 0.0601. The second kappa shape index (κ2) is 11.2. The highest BCUT2D eigenvalue weighted by Gasteiger charge is 2.40. The molecule has 9 nitrogen and oxygen atoms in total. The number of carbonyl (C=O) groups excluding carboxylic acids is 3. The van der Waals surface area contributed by atoms with E-state index in [9.17, 15) is 22.8 Å². The van der Waals surface area contributed by atoms with Gasteiger partial charge in [0.25, 0.3) is 5.91 Å². The molecule has 0 spiro atoms. The second-order valence-electron chi connectivity index (χ2n) is 10.8. The first kappa shape index (κ1) is 27.5. The van der Waals surface area contributed by atoms with Gasteiger partial charge >= 0.3 is 0 Å². The molecule has 2 fully saturated rings. The first-order valence-electron chi connectivity index (χ1n) is 13.5. The molecule has 1 saturated carbocycles. The zero-order chi connectivity index (χ0) is 27.7. The van der Waals surface area contributed by atoms with Crippen LogP contribution in [-0.4, -0.2) is 77.5 Å². The molecular weight excluding hydrogens is 518 g/mol. The van der Waals surface area contributed by atoms with Gasteiger partial charge in [-0.15, -0.1) is 0 Å². The first-order chi connectivity index (χ1) is 18.6. The molecule has 0 N–H and O–H groups in total. The van der Waals surface area contributed by atoms with E-state index in [0.29, 0.717) is 63.5 Å². The van der Waals surface area contributed by atoms with Crippen LogP contribution < -0.4 is 4.74 Å². The van der Waals surface area contributed by atoms with Crippen molar-refractivity contribution >= 4 is 27.5 Å². The van der Waals surface area contributed by atoms with Crippen molar-refractivity contribution in [2.24, 2.45) is 0 Å². The van der Waals surface area contributed by atoms with Crippen LogP contribution in [0, 0.1) is 0 Å². The highest BCUT2D eigenvalue weighted by molar-refractivity contribution is 7.89. The van der Waals surface area contributed by atoms with Crippen LogP contribution in [0.3, 0.4) is 0 Å². The van der Waals surface area contributed by atoms with E-state index >= 15 is 0 Å². The Morgan fingerprint density at radius 1 is 0.949 bits per heavy atom. The Bertz CT molecular complexity index is 1360. The Morgan fingerprint density at radius 3 is 2.31 bits per heavy atom. The van der Waals surface area contributed by atoms with Gasteiger partial charge in [-0.2, -0.15) is 4.31 Å². The van der Waals surface area contributed by atoms with Gasteiger partial charge in [-0.05, 0) is 43.5 Å². The fraction of sp³-hybridized carbons (Fsp3) is 0.483. The highest BCUT2D eigenvalue weighted by atomic mass is 32.2. The van der Waals surface area contributed by atoms with Crippen molar-refractivity contribution < 1.29 is 27.5 Å². The van der Waals surface area contributed by atoms with Crippen LogP contribution in [0.25, 0.3) is 0 Å². The van der Waals surface area contributed by atoms with Crippen molar-refractivity contribution in [3.63, 3.8) is 0 Å². The summed E-state index contributed by atoms with van der Waals surface area (Å²) in [6.07, 6.45) is 0.610. The minimum atomic E-state index is -3.21. The summed E-state index contributed by atoms with van der Waals surface area (Å²) in [4.78, 5) is 41.0. The van der Waals surface area contributed by atoms with Crippen LogP contribution in [0.1, 0.15) is 60.2 Å². The number of hydrogen-bond donors (Lipinski definition) is 0. The SMILES string of the molecule is CC(C)S(=O)(=O)N1CCN(Cc2ccc(COc3cccc4c3CN(C3CCC(=O)CC3=O)C4=O)cc2)CC1. The maximum atomic E-state index is 13.0. The summed E-state index contributed by atoms with van der Waals surface area (Å²) in [5.41, 5.74) is 3.47. The topological polar surface area (TPSA) is 104 Å². The van der Waals surface area contributed by atoms with E-state index in [0.717, 1.165) is 23.2 Å². The lowest BCUT2D eigenvalue weighted by Gasteiger charge is -2.34. The third-order valence-corrected chi connectivity index (χ3v) is 10.2. The summed E-state index contributed by atoms with van der Waals surface area (Å²) in [5.74, 6) is 0.198. The van der Waals surface area contributed by atoms with Crippen LogP contribution in [0.4, 0.5) is 0 Å². The summed E-state index contributed by atoms with van der Waals surface area (Å²) in [6, 6.07) is 13.0. The van der Waals surface area contributed by atoms with Gasteiger partial charge in [0, 0.05) is 50.3 Å². The summed E-state index contributed by atoms with van der Waals surface area (Å²) in [7, 11) is -3.21. The summed E-state index contributed by atoms with van der Waals surface area (Å²) in [5, 5.41) is -0.400. The lowest BCUT2D eigenvalue weighted by Crippen LogP contribution is -2.49. The molecule has 1 saturated heterocycles. The number of sulfonamides is 1. The molecular formula is C29H35N3O6S. The molecule has 2 aromatic rings. The highest BCUT2D eigenvalue weighted by Crippen LogP contribution is 2.34. The van der Waals surface area contributed by atoms with Crippen LogP contribution in [0.2, 0.25) is 0 Å². The van der Waals surface area contributed by atoms with Gasteiger partial charge in [-0.3, -0.25) is 19.3 Å². The third kappa shape index (κ3) is 5.78. The van der Waals surface area contributed by atoms with Crippen LogP contribution in [0.5, 0.6) is 5.75 Å². The van der Waals surface area contributed by atoms with E-state index in [1.165, 1.54) is 0 Å². The smallest absolute Gasteiger partial charge is 0.255 e. The number of ketones is 2. The molecule has 3 aliphatic rings. The monoisotopic (exact) mass is 553 g/mol. The van der Waals surface area contributed by atoms with Crippen molar-refractivity contribution in [3.05, 3.63) is 64.7 Å². The molecule has 1 amide bonds. The van der Waals surface area contributed by atoms with E-state index in [4.69, 9.17) is 4.74 Å². The van der Waals surface area contributed by atoms with Gasteiger partial charge in [0.1, 0.15) is 18.1 Å². The fourth-order valence-corrected chi connectivity index (χ4v) is 6.77. The van der Waals surface area contributed by atoms with Crippen LogP contribution >= 0.6 is 0 Å². The van der Waals surface area contributed by atoms with Gasteiger partial charge in [0.2, 0.25) is 10.0 Å². The number of carbonyl (C=O) groups is 3. The molecule has 1 unspecified atom stereocenters. The molecule has 2 aromatic carbocycles. The largest absolute Gasteiger partial charge is 0.489 e. The van der Waals surface area contributed by atoms with Crippen LogP contribution in [-0.2, 0) is 39.3 Å². The molecule has 10 heteroatoms. The van der Waals surface area contributed by atoms with Gasteiger partial charge in [-0.1, -0.05) is 30.3 Å². The number of Topliss-reactive ketones (excluding diaryl/α,β-unsaturated/α-hetero) is 2. The van der Waals surface area contributed by atoms with E-state index in [-0.39, 0.29) is 23.9 Å². The number of nitrogens with zero attached hydrogens (tertiary/aromatic N) is 3. The van der Waals surface area contributed by atoms with Crippen molar-refractivity contribution in [3.8, 4) is 5.75 Å². The molecule has 1 aliphatic carbocycles. The molecule has 1 atom stereocenters. The number of hydrogen-bond acceptors (Lipinski definition) is 7. The molecule has 0 radical (unpaired) electrons. The van der Waals surface area contributed by atoms with Gasteiger partial charge in [0.05, 0.1) is 24.3 Å². The van der Waals surface area contributed by atoms with Crippen molar-refractivity contribution in [1.82, 2.24) is 14.1 Å². The molecule has 0 aromatic heterocycles. The molecule has 0 bridgehead atoms. The minimum Gasteiger partial charge on any atom is -0.489 e. The molecule has 5 rings (SSSR count). The van der Waals surface area contributed by atoms with Crippen molar-refractivity contribution in [1.29, 1.82) is 0 Å². The molecule has 2 heterocycles. The lowest BCUT2D eigenvalue weighted by atomic mass is 9.92. The number of ether oxygens (including phenoxy) is 1. The zero-order valence-electron chi connectivity index (χ0n) is 22.5. The predicted octanol–water partition coefficient (Wildman–Crippen LogP) is 2.77. The van der Waals surface area contributed by atoms with Gasteiger partial charge < -0.3 is 9.64 Å². The number of fused-ring (bicyclic) bond motifs is 1. The van der Waals surface area contributed by atoms with E-state index in [2.05, 4.69) is 17.0 Å². The fourth-order valence-electron chi connectivity index (χ4n) is 5.50. The predicted molar refractivity (Wildman–Crippen MR) is 146 cm³/mol. The zero-order valence-corrected chi connectivity index (χ0v) is 23.3. The summed E-state index contributed by atoms with van der Waals surface area (Å²) in [6.45, 7) is 7.27. The Balaban J connectivity index is 1.16. The normalized spacial score (nSPS) is 21.1. The van der Waals surface area contributed by atoms with Crippen LogP contribution in [0.15, 0.2) is 42.5 Å². The summed E-state index contributed by atoms with van der Waals surface area (Å²) < 4.78 is 32.5. The summed E-state index contributed by atoms with van der Waals surface area (Å²) >= 11 is 0. The Hall–Kier alpha value is -3.08. The molecule has 39 heavy (non-hydrogen) atoms. The number of amides is 1. The van der Waals surface area contributed by atoms with E-state index in [1.54, 1.807) is 35.2 Å². The molecule has 2 aliphatic heterocycles. The molecule has 208 valence electrons. The van der Waals surface area contributed by atoms with Gasteiger partial charge in [-0.25, -0.2) is 8.42 Å². The van der Waals surface area contributed by atoms with Gasteiger partial charge in [0.15, 0.2) is 5.78 Å². The van der Waals surface area contributed by atoms with Crippen molar-refractivity contribution in [2.75, 3.05) is 26.2 Å². The maximum Gasteiger partial charge on any atom is 0.255 e. The number of piperazine rings is 1. The Labute approximate surface area is 229 Å². The number of benzene rings is 2. The maximum absolute atomic E-state index is 13.0. The average Bonchev–Trinajstić information content (AvgIpc) is 3.25. The number of rotatable bonds is 8. The van der Waals surface area contributed by atoms with Crippen molar-refractivity contribution in [2.45, 2.75) is 64.1 Å². The van der Waals surface area contributed by atoms with E-state index < -0.39 is 21.3 Å². The standard InChI is InChI=1S/C29H35N3O6S/c1-20(2)39(36,37)31-14-12-30(13-15-31)17-21-6-8-22(9-7-21)19-38-28-5-3-4-24-25(28)18-32(29(24)35)26-11-10-23(33)16-27(26)34/h3-9,20,26H,10-19H2,1-2H3. The quantitative estimate of drug-likeness (QED) is 0.463. The first-order valence-corrected chi connectivity index (χ1v) is 15.0. The Kier molecular flexibility index (Phi) is 7.89. The Morgan fingerprint density at radius 2 is 1.64 bits per heavy atom. The van der Waals surface area contributed by atoms with E-state index in [1.807, 2.05) is 18.2 Å². The average molecular weight is 554 g/mol. The second-order valence-corrected chi connectivity index (χ2v) is 13.3. The lowest BCUT2D eigenvalue weighted by molar-refractivity contribution is -0.133. The third-order valence-electron chi connectivity index (χ3n) is 7.88.